The van der Waals surface area contributed by atoms with Crippen LogP contribution in [0.3, 0.4) is 0 Å². The molecule has 0 aromatic heterocycles. The molecule has 4 nitrogen and oxygen atoms in total. The summed E-state index contributed by atoms with van der Waals surface area (Å²) < 4.78 is 11.0. The van der Waals surface area contributed by atoms with E-state index in [4.69, 9.17) is 4.43 Å². The molecule has 29 heavy (non-hydrogen) atoms. The maximum atomic E-state index is 12.3. The lowest BCUT2D eigenvalue weighted by atomic mass is 9.88. The van der Waals surface area contributed by atoms with Gasteiger partial charge < -0.3 is 9.16 Å². The van der Waals surface area contributed by atoms with Gasteiger partial charge in [0.15, 0.2) is 14.1 Å². The molecule has 1 aliphatic carbocycles. The lowest BCUT2D eigenvalue weighted by Gasteiger charge is -2.25. The van der Waals surface area contributed by atoms with E-state index in [-0.39, 0.29) is 29.7 Å². The number of esters is 1. The van der Waals surface area contributed by atoms with Gasteiger partial charge in [-0.1, -0.05) is 63.7 Å². The summed E-state index contributed by atoms with van der Waals surface area (Å²) in [5.74, 6) is 0.369. The Morgan fingerprint density at radius 3 is 2.52 bits per heavy atom. The van der Waals surface area contributed by atoms with Crippen LogP contribution in [-0.2, 0) is 18.8 Å². The summed E-state index contributed by atoms with van der Waals surface area (Å²) in [7, 11) is -0.173. The normalized spacial score (nSPS) is 20.5. The van der Waals surface area contributed by atoms with E-state index in [0.717, 1.165) is 38.5 Å². The fraction of sp³-hybridized carbons (Fsp3) is 0.750. The minimum Gasteiger partial charge on any atom is -0.469 e. The van der Waals surface area contributed by atoms with Crippen molar-refractivity contribution in [2.75, 3.05) is 7.11 Å². The Hall–Kier alpha value is -1.20. The molecule has 0 unspecified atom stereocenters. The highest BCUT2D eigenvalue weighted by atomic mass is 28.4. The van der Waals surface area contributed by atoms with Gasteiger partial charge in [0.25, 0.3) is 0 Å². The van der Waals surface area contributed by atoms with Crippen LogP contribution < -0.4 is 0 Å². The van der Waals surface area contributed by atoms with Crippen molar-refractivity contribution in [3.8, 4) is 0 Å². The third-order valence-corrected chi connectivity index (χ3v) is 6.34. The molecule has 3 atom stereocenters. The Morgan fingerprint density at radius 2 is 1.86 bits per heavy atom. The number of hydrogen-bond donors (Lipinski definition) is 0. The molecule has 166 valence electrons. The van der Waals surface area contributed by atoms with Crippen LogP contribution in [0.5, 0.6) is 0 Å². The van der Waals surface area contributed by atoms with Crippen molar-refractivity contribution >= 4 is 20.1 Å². The zero-order valence-electron chi connectivity index (χ0n) is 19.2. The van der Waals surface area contributed by atoms with Gasteiger partial charge in [0.1, 0.15) is 0 Å². The predicted molar refractivity (Wildman–Crippen MR) is 122 cm³/mol. The first-order valence-corrected chi connectivity index (χ1v) is 14.8. The second-order valence-electron chi connectivity index (χ2n) is 9.12. The molecule has 0 aliphatic heterocycles. The number of ketones is 1. The summed E-state index contributed by atoms with van der Waals surface area (Å²) in [5, 5.41) is 0. The maximum absolute atomic E-state index is 12.3. The monoisotopic (exact) mass is 422 g/mol. The predicted octanol–water partition coefficient (Wildman–Crippen LogP) is 6.23. The molecule has 0 fully saturated rings. The van der Waals surface area contributed by atoms with Crippen molar-refractivity contribution in [1.29, 1.82) is 0 Å². The van der Waals surface area contributed by atoms with Crippen LogP contribution in [0.4, 0.5) is 0 Å². The summed E-state index contributed by atoms with van der Waals surface area (Å²) in [6.45, 7) is 8.92. The topological polar surface area (TPSA) is 52.6 Å². The van der Waals surface area contributed by atoms with E-state index >= 15 is 0 Å². The summed E-state index contributed by atoms with van der Waals surface area (Å²) >= 11 is 0. The third-order valence-electron chi connectivity index (χ3n) is 5.33. The quantitative estimate of drug-likeness (QED) is 0.136. The van der Waals surface area contributed by atoms with E-state index in [1.54, 1.807) is 6.08 Å². The fourth-order valence-corrected chi connectivity index (χ4v) is 4.88. The summed E-state index contributed by atoms with van der Waals surface area (Å²) in [6, 6.07) is 0. The zero-order valence-corrected chi connectivity index (χ0v) is 20.2. The highest BCUT2D eigenvalue weighted by molar-refractivity contribution is 6.69. The Kier molecular flexibility index (Phi) is 12.4. The second-order valence-corrected chi connectivity index (χ2v) is 13.6. The van der Waals surface area contributed by atoms with Crippen molar-refractivity contribution < 1.29 is 18.8 Å². The highest BCUT2D eigenvalue weighted by Crippen LogP contribution is 2.29. The van der Waals surface area contributed by atoms with Crippen LogP contribution in [-0.4, -0.2) is 33.3 Å². The minimum absolute atomic E-state index is 0.0648. The molecule has 0 amide bonds. The number of methoxy groups -OCH3 is 1. The molecule has 0 heterocycles. The molecule has 0 radical (unpaired) electrons. The summed E-state index contributed by atoms with van der Waals surface area (Å²) in [5.41, 5.74) is 0. The molecular weight excluding hydrogens is 380 g/mol. The van der Waals surface area contributed by atoms with E-state index in [9.17, 15) is 9.59 Å². The molecule has 0 N–H and O–H groups in total. The molecule has 0 saturated heterocycles. The van der Waals surface area contributed by atoms with E-state index in [0.29, 0.717) is 6.42 Å². The molecule has 0 aromatic carbocycles. The van der Waals surface area contributed by atoms with Crippen LogP contribution in [0, 0.1) is 11.8 Å². The highest BCUT2D eigenvalue weighted by Gasteiger charge is 2.28. The first-order valence-electron chi connectivity index (χ1n) is 11.4. The molecule has 5 heteroatoms. The number of carbonyl (C=O) groups is 2. The summed E-state index contributed by atoms with van der Waals surface area (Å²) in [4.78, 5) is 23.5. The van der Waals surface area contributed by atoms with Crippen molar-refractivity contribution in [2.24, 2.45) is 11.8 Å². The molecule has 0 bridgehead atoms. The molecule has 0 aromatic rings. The largest absolute Gasteiger partial charge is 0.469 e. The third kappa shape index (κ3) is 11.5. The van der Waals surface area contributed by atoms with Crippen molar-refractivity contribution in [1.82, 2.24) is 0 Å². The number of ether oxygens (including phenoxy) is 1. The average Bonchev–Trinajstić information content (AvgIpc) is 3.01. The SMILES string of the molecule is CCCCC[C@H](/C=C/[C@H]1C=CC(=O)[C@@H]1CCCCCCC(=O)OC)O[Si](C)(C)C. The number of rotatable bonds is 15. The smallest absolute Gasteiger partial charge is 0.305 e. The van der Waals surface area contributed by atoms with Crippen LogP contribution in [0.25, 0.3) is 0 Å². The minimum atomic E-state index is -1.60. The standard InChI is InChI=1S/C24H42O4Si/c1-6-7-10-13-21(28-29(3,4)5)18-16-20-17-19-23(25)22(20)14-11-8-9-12-15-24(26)27-2/h16-22H,6-15H2,1-5H3/b18-16+/t20-,21+,22+/m0/s1. The van der Waals surface area contributed by atoms with Crippen molar-refractivity contribution in [3.63, 3.8) is 0 Å². The molecular formula is C24H42O4Si. The van der Waals surface area contributed by atoms with Gasteiger partial charge in [-0.15, -0.1) is 0 Å². The van der Waals surface area contributed by atoms with Gasteiger partial charge in [-0.25, -0.2) is 0 Å². The molecule has 1 rings (SSSR count). The van der Waals surface area contributed by atoms with Gasteiger partial charge in [0.05, 0.1) is 13.2 Å². The van der Waals surface area contributed by atoms with Gasteiger partial charge in [-0.3, -0.25) is 9.59 Å². The van der Waals surface area contributed by atoms with Crippen molar-refractivity contribution in [2.45, 2.75) is 96.9 Å². The van der Waals surface area contributed by atoms with E-state index in [1.807, 2.05) is 0 Å². The van der Waals surface area contributed by atoms with Gasteiger partial charge >= 0.3 is 5.97 Å². The summed E-state index contributed by atoms with van der Waals surface area (Å²) in [6.07, 6.45) is 18.4. The average molecular weight is 423 g/mol. The number of hydrogen-bond acceptors (Lipinski definition) is 4. The fourth-order valence-electron chi connectivity index (χ4n) is 3.77. The molecule has 0 spiro atoms. The maximum Gasteiger partial charge on any atom is 0.305 e. The van der Waals surface area contributed by atoms with Crippen LogP contribution in [0.2, 0.25) is 19.6 Å². The first kappa shape index (κ1) is 25.8. The lowest BCUT2D eigenvalue weighted by molar-refractivity contribution is -0.140. The van der Waals surface area contributed by atoms with Gasteiger partial charge in [0.2, 0.25) is 0 Å². The lowest BCUT2D eigenvalue weighted by Crippen LogP contribution is -2.31. The van der Waals surface area contributed by atoms with Gasteiger partial charge in [0, 0.05) is 18.3 Å². The zero-order chi connectivity index (χ0) is 21.7. The van der Waals surface area contributed by atoms with Crippen LogP contribution in [0.1, 0.15) is 71.1 Å². The van der Waals surface area contributed by atoms with E-state index in [2.05, 4.69) is 49.5 Å². The van der Waals surface area contributed by atoms with Crippen LogP contribution >= 0.6 is 0 Å². The van der Waals surface area contributed by atoms with Gasteiger partial charge in [-0.05, 0) is 45.0 Å². The Bertz CT molecular complexity index is 548. The Labute approximate surface area is 179 Å². The number of allylic oxidation sites excluding steroid dienone is 3. The Balaban J connectivity index is 2.50. The van der Waals surface area contributed by atoms with Crippen molar-refractivity contribution in [3.05, 3.63) is 24.3 Å². The van der Waals surface area contributed by atoms with E-state index in [1.165, 1.54) is 26.4 Å². The van der Waals surface area contributed by atoms with E-state index < -0.39 is 8.32 Å². The first-order chi connectivity index (χ1) is 13.8. The number of carbonyl (C=O) groups excluding carboxylic acids is 2. The molecule has 1 aliphatic rings. The molecule has 0 saturated carbocycles. The number of unbranched alkanes of at least 4 members (excludes halogenated alkanes) is 5. The Morgan fingerprint density at radius 1 is 1.14 bits per heavy atom. The van der Waals surface area contributed by atoms with Crippen LogP contribution in [0.15, 0.2) is 24.3 Å². The van der Waals surface area contributed by atoms with Gasteiger partial charge in [-0.2, -0.15) is 0 Å². The second kappa shape index (κ2) is 13.9.